The van der Waals surface area contributed by atoms with Gasteiger partial charge in [-0.15, -0.1) is 21.5 Å². The summed E-state index contributed by atoms with van der Waals surface area (Å²) in [5.74, 6) is -1.24. The van der Waals surface area contributed by atoms with E-state index in [2.05, 4.69) is 20.6 Å². The van der Waals surface area contributed by atoms with Gasteiger partial charge in [-0.2, -0.15) is 5.10 Å². The second kappa shape index (κ2) is 11.2. The highest BCUT2D eigenvalue weighted by Gasteiger charge is 2.33. The second-order valence-corrected chi connectivity index (χ2v) is 10.3. The zero-order valence-corrected chi connectivity index (χ0v) is 21.8. The molecule has 0 bridgehead atoms. The number of nitrogens with one attached hydrogen (secondary N) is 1. The summed E-state index contributed by atoms with van der Waals surface area (Å²) in [5, 5.41) is 19.4. The summed E-state index contributed by atoms with van der Waals surface area (Å²) in [6.45, 7) is 0.0401. The van der Waals surface area contributed by atoms with Crippen molar-refractivity contribution < 1.29 is 18.4 Å². The van der Waals surface area contributed by atoms with E-state index in [0.29, 0.717) is 17.4 Å². The SMILES string of the molecule is Cn1c(CNC(=O)c2ccccc2F)nnc1SCC(=O)N1N=C(c2cccs2)CC1c1ccc(F)cc1. The van der Waals surface area contributed by atoms with Gasteiger partial charge in [0, 0.05) is 13.5 Å². The molecule has 0 aliphatic carbocycles. The minimum Gasteiger partial charge on any atom is -0.345 e. The number of amides is 2. The van der Waals surface area contributed by atoms with Crippen molar-refractivity contribution in [3.63, 3.8) is 0 Å². The summed E-state index contributed by atoms with van der Waals surface area (Å²) in [5.41, 5.74) is 1.55. The normalized spacial score (nSPS) is 15.0. The van der Waals surface area contributed by atoms with Crippen LogP contribution in [0.5, 0.6) is 0 Å². The molecule has 1 aliphatic rings. The number of nitrogens with zero attached hydrogens (tertiary/aromatic N) is 5. The maximum atomic E-state index is 13.9. The van der Waals surface area contributed by atoms with E-state index in [1.54, 1.807) is 41.2 Å². The molecular weight excluding hydrogens is 530 g/mol. The lowest BCUT2D eigenvalue weighted by molar-refractivity contribution is -0.130. The fraction of sp³-hybridized carbons (Fsp3) is 0.192. The second-order valence-electron chi connectivity index (χ2n) is 8.44. The number of aromatic nitrogens is 3. The number of hydrazone groups is 1. The van der Waals surface area contributed by atoms with Crippen LogP contribution in [0.2, 0.25) is 0 Å². The van der Waals surface area contributed by atoms with Crippen LogP contribution in [-0.4, -0.2) is 43.1 Å². The standard InChI is InChI=1S/C26H22F2N6O2S2/c1-33-23(14-29-25(36)18-5-2-3-6-19(18)28)30-31-26(33)38-15-24(35)34-21(16-8-10-17(27)11-9-16)13-20(32-34)22-7-4-12-37-22/h2-12,21H,13-15H2,1H3,(H,29,36). The predicted molar refractivity (Wildman–Crippen MR) is 141 cm³/mol. The zero-order valence-electron chi connectivity index (χ0n) is 20.2. The summed E-state index contributed by atoms with van der Waals surface area (Å²) in [6, 6.07) is 15.4. The molecule has 2 aromatic heterocycles. The highest BCUT2D eigenvalue weighted by Crippen LogP contribution is 2.34. The average Bonchev–Trinajstić information content (AvgIpc) is 3.67. The quantitative estimate of drug-likeness (QED) is 0.324. The highest BCUT2D eigenvalue weighted by atomic mass is 32.2. The zero-order chi connectivity index (χ0) is 26.6. The third-order valence-electron chi connectivity index (χ3n) is 6.00. The van der Waals surface area contributed by atoms with Crippen LogP contribution < -0.4 is 5.32 Å². The third-order valence-corrected chi connectivity index (χ3v) is 7.93. The molecule has 4 aromatic rings. The Bertz CT molecular complexity index is 1490. The molecule has 12 heteroatoms. The molecule has 194 valence electrons. The number of hydrogen-bond donors (Lipinski definition) is 1. The van der Waals surface area contributed by atoms with Gasteiger partial charge >= 0.3 is 0 Å². The van der Waals surface area contributed by atoms with Gasteiger partial charge in [-0.1, -0.05) is 42.1 Å². The topological polar surface area (TPSA) is 92.5 Å². The maximum Gasteiger partial charge on any atom is 0.254 e. The smallest absolute Gasteiger partial charge is 0.254 e. The van der Waals surface area contributed by atoms with E-state index >= 15 is 0 Å². The number of halogens is 2. The van der Waals surface area contributed by atoms with Gasteiger partial charge in [0.1, 0.15) is 11.6 Å². The van der Waals surface area contributed by atoms with Crippen LogP contribution in [0.15, 0.2) is 76.3 Å². The lowest BCUT2D eigenvalue weighted by Gasteiger charge is -2.21. The number of benzene rings is 2. The Labute approximate surface area is 225 Å². The van der Waals surface area contributed by atoms with Crippen molar-refractivity contribution in [1.29, 1.82) is 0 Å². The Kier molecular flexibility index (Phi) is 7.61. The Balaban J connectivity index is 1.25. The van der Waals surface area contributed by atoms with Gasteiger partial charge in [0.2, 0.25) is 0 Å². The molecule has 2 amide bonds. The predicted octanol–water partition coefficient (Wildman–Crippen LogP) is 4.55. The van der Waals surface area contributed by atoms with Crippen molar-refractivity contribution in [3.05, 3.63) is 99.5 Å². The maximum absolute atomic E-state index is 13.9. The molecule has 0 fully saturated rings. The Morgan fingerprint density at radius 3 is 2.61 bits per heavy atom. The van der Waals surface area contributed by atoms with Crippen LogP contribution in [0.25, 0.3) is 0 Å². The molecule has 38 heavy (non-hydrogen) atoms. The summed E-state index contributed by atoms with van der Waals surface area (Å²) in [4.78, 5) is 26.6. The molecular formula is C26H22F2N6O2S2. The number of rotatable bonds is 8. The molecule has 1 unspecified atom stereocenters. The lowest BCUT2D eigenvalue weighted by atomic mass is 10.0. The fourth-order valence-corrected chi connectivity index (χ4v) is 5.50. The molecule has 0 spiro atoms. The first kappa shape index (κ1) is 25.7. The summed E-state index contributed by atoms with van der Waals surface area (Å²) >= 11 is 2.74. The fourth-order valence-electron chi connectivity index (χ4n) is 3.99. The van der Waals surface area contributed by atoms with Gasteiger partial charge in [-0.25, -0.2) is 13.8 Å². The Morgan fingerprint density at radius 1 is 1.08 bits per heavy atom. The van der Waals surface area contributed by atoms with Crippen LogP contribution in [0.4, 0.5) is 8.78 Å². The third kappa shape index (κ3) is 5.50. The largest absolute Gasteiger partial charge is 0.345 e. The molecule has 2 aromatic carbocycles. The van der Waals surface area contributed by atoms with E-state index in [1.807, 2.05) is 17.5 Å². The van der Waals surface area contributed by atoms with E-state index in [-0.39, 0.29) is 35.6 Å². The monoisotopic (exact) mass is 552 g/mol. The van der Waals surface area contributed by atoms with Crippen LogP contribution in [0, 0.1) is 11.6 Å². The summed E-state index contributed by atoms with van der Waals surface area (Å²) in [7, 11) is 1.72. The number of carbonyl (C=O) groups excluding carboxylic acids is 2. The van der Waals surface area contributed by atoms with Crippen molar-refractivity contribution in [2.75, 3.05) is 5.75 Å². The van der Waals surface area contributed by atoms with Crippen molar-refractivity contribution in [1.82, 2.24) is 25.1 Å². The minimum atomic E-state index is -0.608. The number of hydrogen-bond acceptors (Lipinski definition) is 7. The van der Waals surface area contributed by atoms with Crippen molar-refractivity contribution in [2.24, 2.45) is 12.1 Å². The molecule has 5 rings (SSSR count). The minimum absolute atomic E-state index is 0.0401. The number of carbonyl (C=O) groups is 2. The van der Waals surface area contributed by atoms with Crippen molar-refractivity contribution in [2.45, 2.75) is 24.2 Å². The van der Waals surface area contributed by atoms with Crippen molar-refractivity contribution >= 4 is 40.6 Å². The molecule has 8 nitrogen and oxygen atoms in total. The average molecular weight is 553 g/mol. The first-order valence-electron chi connectivity index (χ1n) is 11.6. The van der Waals surface area contributed by atoms with Crippen LogP contribution in [0.1, 0.15) is 39.1 Å². The first-order chi connectivity index (χ1) is 18.4. The van der Waals surface area contributed by atoms with E-state index in [9.17, 15) is 18.4 Å². The van der Waals surface area contributed by atoms with Gasteiger partial charge < -0.3 is 9.88 Å². The van der Waals surface area contributed by atoms with Crippen LogP contribution >= 0.6 is 23.1 Å². The van der Waals surface area contributed by atoms with Gasteiger partial charge in [0.25, 0.3) is 11.8 Å². The molecule has 0 saturated heterocycles. The van der Waals surface area contributed by atoms with Gasteiger partial charge in [0.15, 0.2) is 11.0 Å². The van der Waals surface area contributed by atoms with Gasteiger partial charge in [0.05, 0.1) is 34.5 Å². The lowest BCUT2D eigenvalue weighted by Crippen LogP contribution is -2.28. The van der Waals surface area contributed by atoms with E-state index in [1.165, 1.54) is 47.1 Å². The van der Waals surface area contributed by atoms with Crippen LogP contribution in [-0.2, 0) is 18.4 Å². The number of thioether (sulfide) groups is 1. The van der Waals surface area contributed by atoms with Gasteiger partial charge in [-0.3, -0.25) is 9.59 Å². The summed E-state index contributed by atoms with van der Waals surface area (Å²) < 4.78 is 29.0. The van der Waals surface area contributed by atoms with Crippen molar-refractivity contribution in [3.8, 4) is 0 Å². The molecule has 1 atom stereocenters. The summed E-state index contributed by atoms with van der Waals surface area (Å²) in [6.07, 6.45) is 0.526. The highest BCUT2D eigenvalue weighted by molar-refractivity contribution is 7.99. The Morgan fingerprint density at radius 2 is 1.87 bits per heavy atom. The molecule has 3 heterocycles. The molecule has 0 saturated carbocycles. The molecule has 1 N–H and O–H groups in total. The van der Waals surface area contributed by atoms with Crippen LogP contribution in [0.3, 0.4) is 0 Å². The van der Waals surface area contributed by atoms with Gasteiger partial charge in [-0.05, 0) is 41.3 Å². The Hall–Kier alpha value is -3.90. The first-order valence-corrected chi connectivity index (χ1v) is 13.5. The van der Waals surface area contributed by atoms with E-state index in [4.69, 9.17) is 0 Å². The van der Waals surface area contributed by atoms with E-state index < -0.39 is 11.7 Å². The van der Waals surface area contributed by atoms with E-state index in [0.717, 1.165) is 16.2 Å². The molecule has 1 aliphatic heterocycles. The molecule has 0 radical (unpaired) electrons. The number of thiophene rings is 1.